The lowest BCUT2D eigenvalue weighted by molar-refractivity contribution is -0.121. The Bertz CT molecular complexity index is 738. The molecule has 2 N–H and O–H groups in total. The molecule has 0 aliphatic carbocycles. The summed E-state index contributed by atoms with van der Waals surface area (Å²) in [6.07, 6.45) is 1.11. The summed E-state index contributed by atoms with van der Waals surface area (Å²) in [5, 5.41) is 13.8. The highest BCUT2D eigenvalue weighted by atomic mass is 16.5. The van der Waals surface area contributed by atoms with Crippen molar-refractivity contribution in [1.29, 1.82) is 0 Å². The third kappa shape index (κ3) is 4.67. The van der Waals surface area contributed by atoms with Crippen LogP contribution < -0.4 is 10.1 Å². The molecule has 1 fully saturated rings. The standard InChI is InChI=1S/C22H28N2O3/c1-17(25)23-22(19-6-4-3-5-7-19)12-14-24(15-13-22)16-21(26)18-8-10-20(27-2)11-9-18/h3-11,21,26H,12-16H2,1-2H3,(H,23,25)/t21-/m0/s1. The number of β-amino-alcohol motifs (C(OH)–C–C–N with tert-alkyl or cyclic N) is 1. The van der Waals surface area contributed by atoms with Gasteiger partial charge in [-0.2, -0.15) is 0 Å². The van der Waals surface area contributed by atoms with E-state index in [1.54, 1.807) is 14.0 Å². The number of rotatable bonds is 6. The molecule has 0 radical (unpaired) electrons. The van der Waals surface area contributed by atoms with Gasteiger partial charge in [-0.25, -0.2) is 0 Å². The van der Waals surface area contributed by atoms with Gasteiger partial charge >= 0.3 is 0 Å². The number of aliphatic hydroxyl groups is 1. The average molecular weight is 368 g/mol. The number of piperidine rings is 1. The molecule has 0 unspecified atom stereocenters. The second-order valence-electron chi connectivity index (χ2n) is 7.22. The van der Waals surface area contributed by atoms with Crippen LogP contribution in [-0.2, 0) is 10.3 Å². The number of nitrogens with one attached hydrogen (secondary N) is 1. The Balaban J connectivity index is 1.64. The molecule has 1 amide bonds. The van der Waals surface area contributed by atoms with E-state index in [1.807, 2.05) is 42.5 Å². The van der Waals surface area contributed by atoms with Gasteiger partial charge in [-0.05, 0) is 36.1 Å². The third-order valence-corrected chi connectivity index (χ3v) is 5.38. The van der Waals surface area contributed by atoms with Crippen LogP contribution in [0.5, 0.6) is 5.75 Å². The van der Waals surface area contributed by atoms with E-state index in [0.717, 1.165) is 42.8 Å². The maximum atomic E-state index is 11.8. The molecule has 0 saturated carbocycles. The number of carbonyl (C=O) groups excluding carboxylic acids is 1. The van der Waals surface area contributed by atoms with Crippen LogP contribution in [0, 0.1) is 0 Å². The summed E-state index contributed by atoms with van der Waals surface area (Å²) in [5.74, 6) is 0.775. The fourth-order valence-corrected chi connectivity index (χ4v) is 3.87. The van der Waals surface area contributed by atoms with E-state index < -0.39 is 6.10 Å². The lowest BCUT2D eigenvalue weighted by atomic mass is 9.80. The summed E-state index contributed by atoms with van der Waals surface area (Å²) in [7, 11) is 1.63. The van der Waals surface area contributed by atoms with E-state index in [-0.39, 0.29) is 11.4 Å². The van der Waals surface area contributed by atoms with E-state index >= 15 is 0 Å². The van der Waals surface area contributed by atoms with Gasteiger partial charge < -0.3 is 20.1 Å². The fraction of sp³-hybridized carbons (Fsp3) is 0.409. The Hall–Kier alpha value is -2.37. The zero-order valence-corrected chi connectivity index (χ0v) is 16.0. The molecule has 144 valence electrons. The first-order valence-corrected chi connectivity index (χ1v) is 9.41. The van der Waals surface area contributed by atoms with Crippen molar-refractivity contribution < 1.29 is 14.6 Å². The van der Waals surface area contributed by atoms with E-state index in [1.165, 1.54) is 0 Å². The zero-order chi connectivity index (χ0) is 19.3. The number of aliphatic hydroxyl groups excluding tert-OH is 1. The number of likely N-dealkylation sites (tertiary alicyclic amines) is 1. The van der Waals surface area contributed by atoms with Crippen LogP contribution in [0.4, 0.5) is 0 Å². The lowest BCUT2D eigenvalue weighted by Crippen LogP contribution is -2.53. The number of ether oxygens (including phenoxy) is 1. The van der Waals surface area contributed by atoms with Crippen LogP contribution >= 0.6 is 0 Å². The number of nitrogens with zero attached hydrogens (tertiary/aromatic N) is 1. The minimum absolute atomic E-state index is 0.00873. The van der Waals surface area contributed by atoms with Crippen LogP contribution in [0.15, 0.2) is 54.6 Å². The number of amides is 1. The van der Waals surface area contributed by atoms with Crippen molar-refractivity contribution in [3.05, 3.63) is 65.7 Å². The lowest BCUT2D eigenvalue weighted by Gasteiger charge is -2.43. The van der Waals surface area contributed by atoms with Crippen LogP contribution in [-0.4, -0.2) is 42.7 Å². The second-order valence-corrected chi connectivity index (χ2v) is 7.22. The fourth-order valence-electron chi connectivity index (χ4n) is 3.87. The highest BCUT2D eigenvalue weighted by Crippen LogP contribution is 2.33. The highest BCUT2D eigenvalue weighted by Gasteiger charge is 2.37. The summed E-state index contributed by atoms with van der Waals surface area (Å²) >= 11 is 0. The minimum Gasteiger partial charge on any atom is -0.497 e. The largest absolute Gasteiger partial charge is 0.497 e. The quantitative estimate of drug-likeness (QED) is 0.823. The molecule has 0 spiro atoms. The molecular formula is C22H28N2O3. The Kier molecular flexibility index (Phi) is 6.14. The monoisotopic (exact) mass is 368 g/mol. The first kappa shape index (κ1) is 19.4. The first-order valence-electron chi connectivity index (χ1n) is 9.41. The Morgan fingerprint density at radius 2 is 1.78 bits per heavy atom. The summed E-state index contributed by atoms with van der Waals surface area (Å²) in [6.45, 7) is 3.80. The van der Waals surface area contributed by atoms with Crippen LogP contribution in [0.3, 0.4) is 0 Å². The molecule has 1 saturated heterocycles. The number of benzene rings is 2. The predicted octanol–water partition coefficient (Wildman–Crippen LogP) is 2.86. The van der Waals surface area contributed by atoms with Crippen LogP contribution in [0.25, 0.3) is 0 Å². The van der Waals surface area contributed by atoms with Crippen molar-refractivity contribution in [1.82, 2.24) is 10.2 Å². The van der Waals surface area contributed by atoms with Gasteiger partial charge in [0.1, 0.15) is 5.75 Å². The Morgan fingerprint density at radius 3 is 2.33 bits per heavy atom. The summed E-state index contributed by atoms with van der Waals surface area (Å²) in [6, 6.07) is 17.7. The summed E-state index contributed by atoms with van der Waals surface area (Å²) in [5.41, 5.74) is 1.71. The summed E-state index contributed by atoms with van der Waals surface area (Å²) in [4.78, 5) is 14.1. The third-order valence-electron chi connectivity index (χ3n) is 5.38. The molecule has 0 bridgehead atoms. The van der Waals surface area contributed by atoms with E-state index in [9.17, 15) is 9.90 Å². The predicted molar refractivity (Wildman–Crippen MR) is 106 cm³/mol. The molecule has 2 aromatic carbocycles. The maximum Gasteiger partial charge on any atom is 0.217 e. The molecule has 3 rings (SSSR count). The normalized spacial score (nSPS) is 17.9. The van der Waals surface area contributed by atoms with Crippen molar-refractivity contribution in [3.8, 4) is 5.75 Å². The van der Waals surface area contributed by atoms with Gasteiger partial charge in [0.05, 0.1) is 18.8 Å². The molecule has 5 heteroatoms. The molecule has 1 heterocycles. The minimum atomic E-state index is -0.541. The average Bonchev–Trinajstić information content (AvgIpc) is 2.70. The van der Waals surface area contributed by atoms with E-state index in [0.29, 0.717) is 6.54 Å². The SMILES string of the molecule is COc1ccc([C@@H](O)CN2CCC(NC(C)=O)(c3ccccc3)CC2)cc1. The van der Waals surface area contributed by atoms with Gasteiger partial charge in [0, 0.05) is 26.6 Å². The molecule has 2 aromatic rings. The van der Waals surface area contributed by atoms with Gasteiger partial charge in [-0.15, -0.1) is 0 Å². The number of carbonyl (C=O) groups is 1. The van der Waals surface area contributed by atoms with Crippen molar-refractivity contribution in [2.75, 3.05) is 26.7 Å². The molecule has 27 heavy (non-hydrogen) atoms. The van der Waals surface area contributed by atoms with Gasteiger partial charge in [0.15, 0.2) is 0 Å². The van der Waals surface area contributed by atoms with Gasteiger partial charge in [-0.1, -0.05) is 42.5 Å². The van der Waals surface area contributed by atoms with E-state index in [4.69, 9.17) is 4.74 Å². The summed E-state index contributed by atoms with van der Waals surface area (Å²) < 4.78 is 5.17. The number of methoxy groups -OCH3 is 1. The maximum absolute atomic E-state index is 11.8. The highest BCUT2D eigenvalue weighted by molar-refractivity contribution is 5.74. The molecule has 5 nitrogen and oxygen atoms in total. The van der Waals surface area contributed by atoms with Gasteiger partial charge in [0.2, 0.25) is 5.91 Å². The molecular weight excluding hydrogens is 340 g/mol. The van der Waals surface area contributed by atoms with Crippen molar-refractivity contribution >= 4 is 5.91 Å². The second kappa shape index (κ2) is 8.55. The Morgan fingerprint density at radius 1 is 1.15 bits per heavy atom. The van der Waals surface area contributed by atoms with Crippen LogP contribution in [0.1, 0.15) is 37.0 Å². The van der Waals surface area contributed by atoms with Crippen LogP contribution in [0.2, 0.25) is 0 Å². The Labute approximate surface area is 161 Å². The topological polar surface area (TPSA) is 61.8 Å². The van der Waals surface area contributed by atoms with Crippen molar-refractivity contribution in [2.24, 2.45) is 0 Å². The molecule has 0 aromatic heterocycles. The number of hydrogen-bond donors (Lipinski definition) is 2. The molecule has 1 aliphatic heterocycles. The molecule has 1 atom stereocenters. The first-order chi connectivity index (χ1) is 13.0. The smallest absolute Gasteiger partial charge is 0.217 e. The van der Waals surface area contributed by atoms with Gasteiger partial charge in [0.25, 0.3) is 0 Å². The van der Waals surface area contributed by atoms with Crippen molar-refractivity contribution in [2.45, 2.75) is 31.4 Å². The van der Waals surface area contributed by atoms with Crippen molar-refractivity contribution in [3.63, 3.8) is 0 Å². The zero-order valence-electron chi connectivity index (χ0n) is 16.0. The van der Waals surface area contributed by atoms with Gasteiger partial charge in [-0.3, -0.25) is 4.79 Å². The number of hydrogen-bond acceptors (Lipinski definition) is 4. The molecule has 1 aliphatic rings. The van der Waals surface area contributed by atoms with E-state index in [2.05, 4.69) is 22.3 Å².